The molecule has 0 bridgehead atoms. The molecule has 0 unspecified atom stereocenters. The van der Waals surface area contributed by atoms with Gasteiger partial charge in [0.2, 0.25) is 0 Å². The van der Waals surface area contributed by atoms with E-state index in [4.69, 9.17) is 16.6 Å². The second-order valence-electron chi connectivity index (χ2n) is 6.68. The summed E-state index contributed by atoms with van der Waals surface area (Å²) in [4.78, 5) is 8.55. The minimum atomic E-state index is 0.687. The molecular weight excluding hydrogens is 364 g/mol. The minimum absolute atomic E-state index is 0.687. The van der Waals surface area contributed by atoms with Gasteiger partial charge in [0.05, 0.1) is 16.4 Å². The Bertz CT molecular complexity index is 1200. The highest BCUT2D eigenvalue weighted by atomic mass is 35.5. The molecule has 4 aromatic carbocycles. The van der Waals surface area contributed by atoms with E-state index in [1.165, 1.54) is 0 Å². The van der Waals surface area contributed by atoms with Gasteiger partial charge in [-0.1, -0.05) is 103 Å². The van der Waals surface area contributed by atoms with Crippen LogP contribution in [0.3, 0.4) is 0 Å². The molecule has 134 valence electrons. The summed E-state index contributed by atoms with van der Waals surface area (Å²) in [5.74, 6) is 0.777. The van der Waals surface area contributed by atoms with Gasteiger partial charge < -0.3 is 4.98 Å². The molecule has 5 rings (SSSR count). The lowest BCUT2D eigenvalue weighted by Gasteiger charge is -2.06. The van der Waals surface area contributed by atoms with E-state index in [9.17, 15) is 0 Å². The van der Waals surface area contributed by atoms with E-state index in [1.54, 1.807) is 0 Å². The highest BCUT2D eigenvalue weighted by Gasteiger charge is 2.18. The van der Waals surface area contributed by atoms with Crippen LogP contribution in [0.25, 0.3) is 44.7 Å². The van der Waals surface area contributed by atoms with Crippen LogP contribution >= 0.6 is 11.6 Å². The Hall–Kier alpha value is -3.36. The SMILES string of the molecule is Clc1ccc2ccccc2c1-c1nc(-c2ccccc2)c(-c2ccccc2)[nH]1. The van der Waals surface area contributed by atoms with Crippen molar-refractivity contribution in [1.29, 1.82) is 0 Å². The van der Waals surface area contributed by atoms with Crippen LogP contribution in [0, 0.1) is 0 Å². The first kappa shape index (κ1) is 16.8. The first-order valence-corrected chi connectivity index (χ1v) is 9.57. The van der Waals surface area contributed by atoms with Gasteiger partial charge in [-0.3, -0.25) is 0 Å². The Kier molecular flexibility index (Phi) is 4.19. The van der Waals surface area contributed by atoms with Crippen molar-refractivity contribution in [3.8, 4) is 33.9 Å². The number of rotatable bonds is 3. The van der Waals surface area contributed by atoms with E-state index in [0.717, 1.165) is 44.7 Å². The van der Waals surface area contributed by atoms with Gasteiger partial charge in [-0.2, -0.15) is 0 Å². The number of halogens is 1. The van der Waals surface area contributed by atoms with Crippen LogP contribution in [0.5, 0.6) is 0 Å². The van der Waals surface area contributed by atoms with Crippen LogP contribution < -0.4 is 0 Å². The Morgan fingerprint density at radius 1 is 0.643 bits per heavy atom. The van der Waals surface area contributed by atoms with Gasteiger partial charge in [-0.25, -0.2) is 4.98 Å². The molecule has 0 aliphatic heterocycles. The zero-order chi connectivity index (χ0) is 18.9. The summed E-state index contributed by atoms with van der Waals surface area (Å²) in [7, 11) is 0. The first-order valence-electron chi connectivity index (χ1n) is 9.20. The zero-order valence-electron chi connectivity index (χ0n) is 15.1. The topological polar surface area (TPSA) is 28.7 Å². The molecule has 0 atom stereocenters. The third kappa shape index (κ3) is 2.88. The number of hydrogen-bond donors (Lipinski definition) is 1. The summed E-state index contributed by atoms with van der Waals surface area (Å²) in [5.41, 5.74) is 5.01. The van der Waals surface area contributed by atoms with E-state index < -0.39 is 0 Å². The molecule has 1 heterocycles. The number of aromatic amines is 1. The van der Waals surface area contributed by atoms with Crippen molar-refractivity contribution in [2.45, 2.75) is 0 Å². The Balaban J connectivity index is 1.80. The number of H-pyrrole nitrogens is 1. The fourth-order valence-corrected chi connectivity index (χ4v) is 3.85. The summed E-state index contributed by atoms with van der Waals surface area (Å²) in [6.07, 6.45) is 0. The fraction of sp³-hybridized carbons (Fsp3) is 0. The average Bonchev–Trinajstić information content (AvgIpc) is 3.20. The molecule has 2 nitrogen and oxygen atoms in total. The third-order valence-electron chi connectivity index (χ3n) is 4.93. The molecule has 0 spiro atoms. The number of hydrogen-bond acceptors (Lipinski definition) is 1. The van der Waals surface area contributed by atoms with E-state index in [-0.39, 0.29) is 0 Å². The van der Waals surface area contributed by atoms with E-state index in [1.807, 2.05) is 60.7 Å². The predicted molar refractivity (Wildman–Crippen MR) is 117 cm³/mol. The minimum Gasteiger partial charge on any atom is -0.337 e. The lowest BCUT2D eigenvalue weighted by Crippen LogP contribution is -1.86. The van der Waals surface area contributed by atoms with Gasteiger partial charge >= 0.3 is 0 Å². The lowest BCUT2D eigenvalue weighted by atomic mass is 10.0. The van der Waals surface area contributed by atoms with Crippen molar-refractivity contribution in [2.75, 3.05) is 0 Å². The lowest BCUT2D eigenvalue weighted by molar-refractivity contribution is 1.32. The number of aromatic nitrogens is 2. The van der Waals surface area contributed by atoms with Crippen LogP contribution in [0.1, 0.15) is 0 Å². The highest BCUT2D eigenvalue weighted by molar-refractivity contribution is 6.35. The van der Waals surface area contributed by atoms with Gasteiger partial charge in [0.1, 0.15) is 5.82 Å². The average molecular weight is 381 g/mol. The molecule has 1 N–H and O–H groups in total. The number of benzene rings is 4. The quantitative estimate of drug-likeness (QED) is 0.351. The summed E-state index contributed by atoms with van der Waals surface area (Å²) < 4.78 is 0. The van der Waals surface area contributed by atoms with E-state index >= 15 is 0 Å². The summed E-state index contributed by atoms with van der Waals surface area (Å²) in [5, 5.41) is 2.91. The van der Waals surface area contributed by atoms with Gasteiger partial charge in [0, 0.05) is 16.7 Å². The Labute approximate surface area is 168 Å². The van der Waals surface area contributed by atoms with Crippen LogP contribution in [0.4, 0.5) is 0 Å². The molecule has 1 aromatic heterocycles. The van der Waals surface area contributed by atoms with Crippen molar-refractivity contribution in [1.82, 2.24) is 9.97 Å². The maximum absolute atomic E-state index is 6.63. The second-order valence-corrected chi connectivity index (χ2v) is 7.09. The molecule has 0 amide bonds. The Morgan fingerprint density at radius 3 is 2.04 bits per heavy atom. The van der Waals surface area contributed by atoms with Crippen molar-refractivity contribution in [3.05, 3.63) is 102 Å². The van der Waals surface area contributed by atoms with Gasteiger partial charge in [0.15, 0.2) is 0 Å². The largest absolute Gasteiger partial charge is 0.337 e. The molecule has 0 saturated carbocycles. The normalized spacial score (nSPS) is 11.0. The number of nitrogens with one attached hydrogen (secondary N) is 1. The predicted octanol–water partition coefficient (Wildman–Crippen LogP) is 7.22. The Morgan fingerprint density at radius 2 is 1.29 bits per heavy atom. The van der Waals surface area contributed by atoms with Crippen molar-refractivity contribution >= 4 is 22.4 Å². The van der Waals surface area contributed by atoms with Gasteiger partial charge in [-0.15, -0.1) is 0 Å². The maximum Gasteiger partial charge on any atom is 0.140 e. The maximum atomic E-state index is 6.63. The molecular formula is C25H17ClN2. The van der Waals surface area contributed by atoms with Crippen LogP contribution in [-0.2, 0) is 0 Å². The van der Waals surface area contributed by atoms with Crippen LogP contribution in [0.15, 0.2) is 97.1 Å². The van der Waals surface area contributed by atoms with Crippen molar-refractivity contribution in [2.24, 2.45) is 0 Å². The smallest absolute Gasteiger partial charge is 0.140 e. The molecule has 0 fully saturated rings. The van der Waals surface area contributed by atoms with Crippen LogP contribution in [-0.4, -0.2) is 9.97 Å². The van der Waals surface area contributed by atoms with Crippen molar-refractivity contribution < 1.29 is 0 Å². The van der Waals surface area contributed by atoms with Gasteiger partial charge in [0.25, 0.3) is 0 Å². The number of nitrogens with zero attached hydrogens (tertiary/aromatic N) is 1. The van der Waals surface area contributed by atoms with Crippen LogP contribution in [0.2, 0.25) is 5.02 Å². The molecule has 0 aliphatic rings. The summed E-state index contributed by atoms with van der Waals surface area (Å²) in [6.45, 7) is 0. The van der Waals surface area contributed by atoms with Crippen molar-refractivity contribution in [3.63, 3.8) is 0 Å². The highest BCUT2D eigenvalue weighted by Crippen LogP contribution is 2.38. The molecule has 3 heteroatoms. The number of imidazole rings is 1. The fourth-order valence-electron chi connectivity index (χ4n) is 3.60. The molecule has 0 radical (unpaired) electrons. The van der Waals surface area contributed by atoms with Gasteiger partial charge in [-0.05, 0) is 16.8 Å². The molecule has 0 saturated heterocycles. The summed E-state index contributed by atoms with van der Waals surface area (Å²) >= 11 is 6.63. The first-order chi connectivity index (χ1) is 13.8. The van der Waals surface area contributed by atoms with E-state index in [0.29, 0.717) is 5.02 Å². The number of fused-ring (bicyclic) bond motifs is 1. The third-order valence-corrected chi connectivity index (χ3v) is 5.24. The molecule has 28 heavy (non-hydrogen) atoms. The molecule has 5 aromatic rings. The monoisotopic (exact) mass is 380 g/mol. The second kappa shape index (κ2) is 6.99. The van der Waals surface area contributed by atoms with E-state index in [2.05, 4.69) is 41.4 Å². The molecule has 0 aliphatic carbocycles. The summed E-state index contributed by atoms with van der Waals surface area (Å²) in [6, 6.07) is 32.7. The standard InChI is InChI=1S/C25H17ClN2/c26-21-16-15-17-9-7-8-14-20(17)22(21)25-27-23(18-10-3-1-4-11-18)24(28-25)19-12-5-2-6-13-19/h1-16H,(H,27,28). The zero-order valence-corrected chi connectivity index (χ0v) is 15.8.